The molecule has 0 heterocycles. The molecule has 24 heavy (non-hydrogen) atoms. The Labute approximate surface area is 148 Å². The first-order valence-electron chi connectivity index (χ1n) is 9.81. The molecule has 1 aromatic carbocycles. The van der Waals surface area contributed by atoms with Crippen LogP contribution in [0.2, 0.25) is 0 Å². The van der Waals surface area contributed by atoms with Crippen LogP contribution in [0.5, 0.6) is 5.75 Å². The molecule has 2 rings (SSSR count). The third kappa shape index (κ3) is 3.64. The predicted molar refractivity (Wildman–Crippen MR) is 101 cm³/mol. The molecule has 2 nitrogen and oxygen atoms in total. The van der Waals surface area contributed by atoms with Crippen LogP contribution in [-0.4, -0.2) is 16.3 Å². The van der Waals surface area contributed by atoms with Gasteiger partial charge >= 0.3 is 0 Å². The van der Waals surface area contributed by atoms with Crippen molar-refractivity contribution in [2.45, 2.75) is 97.2 Å². The van der Waals surface area contributed by atoms with Gasteiger partial charge in [0.1, 0.15) is 5.75 Å². The molecule has 0 saturated heterocycles. The Kier molecular flexibility index (Phi) is 6.01. The van der Waals surface area contributed by atoms with E-state index in [4.69, 9.17) is 4.74 Å². The van der Waals surface area contributed by atoms with Gasteiger partial charge in [-0.05, 0) is 63.0 Å². The summed E-state index contributed by atoms with van der Waals surface area (Å²) in [5, 5.41) is 10.1. The number of ether oxygens (including phenoxy) is 1. The molecule has 1 fully saturated rings. The number of phenolic OH excluding ortho intramolecular Hbond substituents is 1. The lowest BCUT2D eigenvalue weighted by molar-refractivity contribution is -0.222. The van der Waals surface area contributed by atoms with Crippen LogP contribution in [-0.2, 0) is 11.2 Å². The van der Waals surface area contributed by atoms with Crippen molar-refractivity contribution in [3.8, 4) is 5.75 Å². The van der Waals surface area contributed by atoms with Crippen molar-refractivity contribution in [2.24, 2.45) is 5.41 Å². The molecule has 0 amide bonds. The van der Waals surface area contributed by atoms with Crippen LogP contribution in [0.3, 0.4) is 0 Å². The number of aromatic hydroxyl groups is 1. The minimum Gasteiger partial charge on any atom is -0.508 e. The van der Waals surface area contributed by atoms with Gasteiger partial charge in [-0.25, -0.2) is 0 Å². The molecular weight excluding hydrogens is 296 g/mol. The largest absolute Gasteiger partial charge is 0.508 e. The summed E-state index contributed by atoms with van der Waals surface area (Å²) < 4.78 is 6.96. The SMILES string of the molecule is CCC1(CC)CCCCC1(CC)OC(C)(C)Cc1ccccc1O. The van der Waals surface area contributed by atoms with E-state index >= 15 is 0 Å². The minimum atomic E-state index is -0.290. The molecule has 0 spiro atoms. The minimum absolute atomic E-state index is 0.0390. The molecule has 136 valence electrons. The molecule has 0 bridgehead atoms. The van der Waals surface area contributed by atoms with Crippen molar-refractivity contribution < 1.29 is 9.84 Å². The van der Waals surface area contributed by atoms with Gasteiger partial charge in [-0.2, -0.15) is 0 Å². The number of benzene rings is 1. The van der Waals surface area contributed by atoms with Crippen LogP contribution in [0.4, 0.5) is 0 Å². The van der Waals surface area contributed by atoms with E-state index in [9.17, 15) is 5.11 Å². The third-order valence-corrected chi connectivity index (χ3v) is 6.46. The van der Waals surface area contributed by atoms with Crippen molar-refractivity contribution in [2.75, 3.05) is 0 Å². The average Bonchev–Trinajstić information content (AvgIpc) is 2.57. The number of hydrogen-bond acceptors (Lipinski definition) is 2. The number of rotatable bonds is 7. The average molecular weight is 333 g/mol. The lowest BCUT2D eigenvalue weighted by atomic mass is 9.59. The second kappa shape index (κ2) is 7.47. The van der Waals surface area contributed by atoms with E-state index in [0.717, 1.165) is 24.8 Å². The quantitative estimate of drug-likeness (QED) is 0.638. The molecular formula is C22H36O2. The Hall–Kier alpha value is -1.02. The molecule has 1 N–H and O–H groups in total. The van der Waals surface area contributed by atoms with Gasteiger partial charge in [-0.1, -0.05) is 51.8 Å². The van der Waals surface area contributed by atoms with E-state index in [-0.39, 0.29) is 16.6 Å². The number of hydrogen-bond donors (Lipinski definition) is 1. The highest BCUT2D eigenvalue weighted by atomic mass is 16.5. The standard InChI is InChI=1S/C22H36O2/c1-6-21(7-2)15-11-12-16-22(21,8-3)24-20(4,5)17-18-13-9-10-14-19(18)23/h9-10,13-14,23H,6-8,11-12,15-17H2,1-5H3. The molecule has 1 aromatic rings. The zero-order chi connectivity index (χ0) is 17.8. The first-order valence-corrected chi connectivity index (χ1v) is 9.81. The van der Waals surface area contributed by atoms with E-state index in [1.165, 1.54) is 32.1 Å². The maximum absolute atomic E-state index is 10.1. The van der Waals surface area contributed by atoms with Crippen molar-refractivity contribution in [3.63, 3.8) is 0 Å². The van der Waals surface area contributed by atoms with E-state index in [1.54, 1.807) is 6.07 Å². The Morgan fingerprint density at radius 1 is 1.00 bits per heavy atom. The van der Waals surface area contributed by atoms with Gasteiger partial charge in [-0.3, -0.25) is 0 Å². The Bertz CT molecular complexity index is 531. The number of phenols is 1. The monoisotopic (exact) mass is 332 g/mol. The van der Waals surface area contributed by atoms with Crippen molar-refractivity contribution in [1.29, 1.82) is 0 Å². The topological polar surface area (TPSA) is 29.5 Å². The van der Waals surface area contributed by atoms with Crippen LogP contribution in [0.25, 0.3) is 0 Å². The van der Waals surface area contributed by atoms with Crippen LogP contribution in [0.1, 0.15) is 85.1 Å². The van der Waals surface area contributed by atoms with Gasteiger partial charge in [-0.15, -0.1) is 0 Å². The molecule has 0 aliphatic heterocycles. The van der Waals surface area contributed by atoms with Crippen molar-refractivity contribution >= 4 is 0 Å². The Morgan fingerprint density at radius 3 is 2.21 bits per heavy atom. The summed E-state index contributed by atoms with van der Waals surface area (Å²) in [5.41, 5.74) is 0.934. The maximum Gasteiger partial charge on any atom is 0.118 e. The number of para-hydroxylation sites is 1. The van der Waals surface area contributed by atoms with E-state index in [1.807, 2.05) is 18.2 Å². The summed E-state index contributed by atoms with van der Waals surface area (Å²) in [6.07, 6.45) is 9.21. The van der Waals surface area contributed by atoms with E-state index < -0.39 is 0 Å². The fourth-order valence-electron chi connectivity index (χ4n) is 5.08. The van der Waals surface area contributed by atoms with Crippen LogP contribution in [0, 0.1) is 5.41 Å². The normalized spacial score (nSPS) is 24.0. The molecule has 1 atom stereocenters. The van der Waals surface area contributed by atoms with Gasteiger partial charge in [0.25, 0.3) is 0 Å². The second-order valence-corrected chi connectivity index (χ2v) is 8.21. The summed E-state index contributed by atoms with van der Waals surface area (Å²) in [6, 6.07) is 7.64. The van der Waals surface area contributed by atoms with Gasteiger partial charge in [0.15, 0.2) is 0 Å². The highest BCUT2D eigenvalue weighted by Gasteiger charge is 2.52. The van der Waals surface area contributed by atoms with Crippen LogP contribution in [0.15, 0.2) is 24.3 Å². The van der Waals surface area contributed by atoms with Crippen molar-refractivity contribution in [1.82, 2.24) is 0 Å². The molecule has 1 aliphatic carbocycles. The maximum atomic E-state index is 10.1. The smallest absolute Gasteiger partial charge is 0.118 e. The molecule has 1 aliphatic rings. The summed E-state index contributed by atoms with van der Waals surface area (Å²) in [6.45, 7) is 11.3. The third-order valence-electron chi connectivity index (χ3n) is 6.46. The molecule has 1 saturated carbocycles. The summed E-state index contributed by atoms with van der Waals surface area (Å²) in [5.74, 6) is 0.376. The van der Waals surface area contributed by atoms with E-state index in [0.29, 0.717) is 5.75 Å². The van der Waals surface area contributed by atoms with Crippen molar-refractivity contribution in [3.05, 3.63) is 29.8 Å². The van der Waals surface area contributed by atoms with Crippen LogP contribution < -0.4 is 0 Å². The highest BCUT2D eigenvalue weighted by Crippen LogP contribution is 2.54. The van der Waals surface area contributed by atoms with Gasteiger partial charge in [0, 0.05) is 6.42 Å². The van der Waals surface area contributed by atoms with Crippen LogP contribution >= 0.6 is 0 Å². The van der Waals surface area contributed by atoms with Gasteiger partial charge < -0.3 is 9.84 Å². The first-order chi connectivity index (χ1) is 11.3. The Morgan fingerprint density at radius 2 is 1.62 bits per heavy atom. The lowest BCUT2D eigenvalue weighted by Crippen LogP contribution is -2.55. The lowest BCUT2D eigenvalue weighted by Gasteiger charge is -2.56. The summed E-state index contributed by atoms with van der Waals surface area (Å²) in [7, 11) is 0. The molecule has 0 radical (unpaired) electrons. The van der Waals surface area contributed by atoms with Gasteiger partial charge in [0.2, 0.25) is 0 Å². The molecule has 1 unspecified atom stereocenters. The summed E-state index contributed by atoms with van der Waals surface area (Å²) in [4.78, 5) is 0. The van der Waals surface area contributed by atoms with E-state index in [2.05, 4.69) is 34.6 Å². The molecule has 2 heteroatoms. The summed E-state index contributed by atoms with van der Waals surface area (Å²) >= 11 is 0. The fraction of sp³-hybridized carbons (Fsp3) is 0.727. The fourth-order valence-corrected chi connectivity index (χ4v) is 5.08. The second-order valence-electron chi connectivity index (χ2n) is 8.21. The first kappa shape index (κ1) is 19.3. The predicted octanol–water partition coefficient (Wildman–Crippen LogP) is 6.26. The zero-order valence-corrected chi connectivity index (χ0v) is 16.3. The molecule has 0 aromatic heterocycles. The Balaban J connectivity index is 2.28. The zero-order valence-electron chi connectivity index (χ0n) is 16.3. The van der Waals surface area contributed by atoms with Gasteiger partial charge in [0.05, 0.1) is 11.2 Å². The highest BCUT2D eigenvalue weighted by molar-refractivity contribution is 5.32.